The molecule has 0 aliphatic rings. The van der Waals surface area contributed by atoms with Gasteiger partial charge in [-0.15, -0.1) is 0 Å². The van der Waals surface area contributed by atoms with Crippen LogP contribution in [0.3, 0.4) is 0 Å². The molecule has 0 saturated carbocycles. The fourth-order valence-electron chi connectivity index (χ4n) is 2.11. The van der Waals surface area contributed by atoms with E-state index in [0.717, 1.165) is 19.5 Å². The number of rotatable bonds is 11. The summed E-state index contributed by atoms with van der Waals surface area (Å²) in [6.07, 6.45) is 10.5. The van der Waals surface area contributed by atoms with Crippen LogP contribution in [0, 0.1) is 0 Å². The average Bonchev–Trinajstić information content (AvgIpc) is 2.36. The van der Waals surface area contributed by atoms with Crippen LogP contribution in [0.2, 0.25) is 0 Å². The Balaban J connectivity index is 3.51. The summed E-state index contributed by atoms with van der Waals surface area (Å²) in [4.78, 5) is 13.6. The molecule has 0 atom stereocenters. The first-order valence-electron chi connectivity index (χ1n) is 7.58. The number of unbranched alkanes of at least 4 members (excludes halogenated alkanes) is 7. The summed E-state index contributed by atoms with van der Waals surface area (Å²) in [6, 6.07) is 0. The van der Waals surface area contributed by atoms with Gasteiger partial charge in [0.2, 0.25) is 5.91 Å². The molecule has 0 aromatic carbocycles. The zero-order chi connectivity index (χ0) is 13.8. The predicted molar refractivity (Wildman–Crippen MR) is 79.7 cm³/mol. The van der Waals surface area contributed by atoms with Crippen molar-refractivity contribution in [3.05, 3.63) is 12.2 Å². The highest BCUT2D eigenvalue weighted by molar-refractivity contribution is 5.92. The summed E-state index contributed by atoms with van der Waals surface area (Å²) in [5, 5.41) is 0. The molecule has 0 aromatic rings. The zero-order valence-electron chi connectivity index (χ0n) is 12.6. The van der Waals surface area contributed by atoms with Crippen LogP contribution in [0.4, 0.5) is 0 Å². The molecule has 2 heteroatoms. The van der Waals surface area contributed by atoms with Gasteiger partial charge in [-0.2, -0.15) is 0 Å². The van der Waals surface area contributed by atoms with Crippen LogP contribution < -0.4 is 0 Å². The van der Waals surface area contributed by atoms with Gasteiger partial charge in [-0.3, -0.25) is 4.79 Å². The molecule has 0 heterocycles. The van der Waals surface area contributed by atoms with Crippen LogP contribution in [-0.2, 0) is 4.79 Å². The van der Waals surface area contributed by atoms with Gasteiger partial charge >= 0.3 is 0 Å². The van der Waals surface area contributed by atoms with E-state index in [9.17, 15) is 4.79 Å². The van der Waals surface area contributed by atoms with E-state index >= 15 is 0 Å². The summed E-state index contributed by atoms with van der Waals surface area (Å²) in [7, 11) is 0. The van der Waals surface area contributed by atoms with Crippen LogP contribution in [-0.4, -0.2) is 23.9 Å². The third-order valence-electron chi connectivity index (χ3n) is 3.32. The molecular formula is C16H31NO. The Kier molecular flexibility index (Phi) is 10.8. The minimum atomic E-state index is 0.112. The number of amides is 1. The van der Waals surface area contributed by atoms with Gasteiger partial charge in [0.15, 0.2) is 0 Å². The van der Waals surface area contributed by atoms with Crippen molar-refractivity contribution in [1.82, 2.24) is 4.90 Å². The predicted octanol–water partition coefficient (Wildman–Crippen LogP) is 4.55. The van der Waals surface area contributed by atoms with Gasteiger partial charge in [-0.1, -0.05) is 58.4 Å². The van der Waals surface area contributed by atoms with Crippen molar-refractivity contribution in [1.29, 1.82) is 0 Å². The quantitative estimate of drug-likeness (QED) is 0.391. The van der Waals surface area contributed by atoms with E-state index in [1.807, 2.05) is 11.8 Å². The number of hydrogen-bond acceptors (Lipinski definition) is 1. The number of likely N-dealkylation sites (N-methyl/N-ethyl adjacent to an activating group) is 1. The van der Waals surface area contributed by atoms with Crippen LogP contribution in [0.5, 0.6) is 0 Å². The smallest absolute Gasteiger partial charge is 0.248 e. The summed E-state index contributed by atoms with van der Waals surface area (Å²) < 4.78 is 0. The largest absolute Gasteiger partial charge is 0.339 e. The van der Waals surface area contributed by atoms with E-state index < -0.39 is 0 Å². The molecule has 0 N–H and O–H groups in total. The lowest BCUT2D eigenvalue weighted by molar-refractivity contribution is -0.126. The van der Waals surface area contributed by atoms with Crippen LogP contribution in [0.1, 0.15) is 72.1 Å². The Hall–Kier alpha value is -0.790. The number of carbonyl (C=O) groups is 1. The molecule has 0 aromatic heterocycles. The lowest BCUT2D eigenvalue weighted by Gasteiger charge is -2.20. The van der Waals surface area contributed by atoms with E-state index in [1.54, 1.807) is 6.92 Å². The zero-order valence-corrected chi connectivity index (χ0v) is 12.6. The maximum Gasteiger partial charge on any atom is 0.248 e. The number of carbonyl (C=O) groups excluding carboxylic acids is 1. The Labute approximate surface area is 113 Å². The number of nitrogens with zero attached hydrogens (tertiary/aromatic N) is 1. The topological polar surface area (TPSA) is 20.3 Å². The molecule has 0 unspecified atom stereocenters. The first kappa shape index (κ1) is 17.2. The van der Waals surface area contributed by atoms with Crippen molar-refractivity contribution in [2.45, 2.75) is 72.1 Å². The molecule has 0 aliphatic carbocycles. The van der Waals surface area contributed by atoms with Gasteiger partial charge in [0, 0.05) is 18.7 Å². The molecule has 18 heavy (non-hydrogen) atoms. The SMILES string of the molecule is C=C(C)C(=O)N(CC)CCCCCCCCCC. The first-order valence-corrected chi connectivity index (χ1v) is 7.58. The summed E-state index contributed by atoms with van der Waals surface area (Å²) in [5.74, 6) is 0.112. The highest BCUT2D eigenvalue weighted by Crippen LogP contribution is 2.09. The third kappa shape index (κ3) is 8.32. The lowest BCUT2D eigenvalue weighted by atomic mass is 10.1. The maximum absolute atomic E-state index is 11.7. The monoisotopic (exact) mass is 253 g/mol. The van der Waals surface area contributed by atoms with Crippen LogP contribution in [0.15, 0.2) is 12.2 Å². The second-order valence-electron chi connectivity index (χ2n) is 5.14. The third-order valence-corrected chi connectivity index (χ3v) is 3.32. The van der Waals surface area contributed by atoms with Gasteiger partial charge in [-0.25, -0.2) is 0 Å². The Morgan fingerprint density at radius 1 is 0.944 bits per heavy atom. The molecule has 0 bridgehead atoms. The van der Waals surface area contributed by atoms with Gasteiger partial charge in [0.1, 0.15) is 0 Å². The fraction of sp³-hybridized carbons (Fsp3) is 0.812. The molecule has 1 amide bonds. The summed E-state index contributed by atoms with van der Waals surface area (Å²) >= 11 is 0. The van der Waals surface area contributed by atoms with E-state index in [2.05, 4.69) is 13.5 Å². The summed E-state index contributed by atoms with van der Waals surface area (Å²) in [6.45, 7) is 11.5. The van der Waals surface area contributed by atoms with E-state index in [4.69, 9.17) is 0 Å². The Morgan fingerprint density at radius 3 is 1.89 bits per heavy atom. The van der Waals surface area contributed by atoms with E-state index in [-0.39, 0.29) is 5.91 Å². The second kappa shape index (κ2) is 11.3. The van der Waals surface area contributed by atoms with Gasteiger partial charge in [0.05, 0.1) is 0 Å². The standard InChI is InChI=1S/C16H31NO/c1-5-7-8-9-10-11-12-13-14-17(6-2)16(18)15(3)4/h3,5-14H2,1-2,4H3. The average molecular weight is 253 g/mol. The summed E-state index contributed by atoms with van der Waals surface area (Å²) in [5.41, 5.74) is 0.649. The highest BCUT2D eigenvalue weighted by atomic mass is 16.2. The Bertz CT molecular complexity index is 235. The normalized spacial score (nSPS) is 10.4. The van der Waals surface area contributed by atoms with Crippen molar-refractivity contribution in [3.63, 3.8) is 0 Å². The van der Waals surface area contributed by atoms with E-state index in [1.165, 1.54) is 44.9 Å². The minimum Gasteiger partial charge on any atom is -0.339 e. The van der Waals surface area contributed by atoms with Crippen molar-refractivity contribution < 1.29 is 4.79 Å². The first-order chi connectivity index (χ1) is 8.63. The van der Waals surface area contributed by atoms with Crippen molar-refractivity contribution in [3.8, 4) is 0 Å². The van der Waals surface area contributed by atoms with Crippen LogP contribution in [0.25, 0.3) is 0 Å². The van der Waals surface area contributed by atoms with Gasteiger partial charge in [0.25, 0.3) is 0 Å². The molecule has 0 spiro atoms. The van der Waals surface area contributed by atoms with Gasteiger partial charge < -0.3 is 4.90 Å². The fourth-order valence-corrected chi connectivity index (χ4v) is 2.11. The molecule has 0 saturated heterocycles. The highest BCUT2D eigenvalue weighted by Gasteiger charge is 2.10. The molecule has 0 radical (unpaired) electrons. The molecule has 0 aliphatic heterocycles. The van der Waals surface area contributed by atoms with Crippen molar-refractivity contribution in [2.75, 3.05) is 13.1 Å². The van der Waals surface area contributed by atoms with Crippen LogP contribution >= 0.6 is 0 Å². The maximum atomic E-state index is 11.7. The minimum absolute atomic E-state index is 0.112. The second-order valence-corrected chi connectivity index (χ2v) is 5.14. The van der Waals surface area contributed by atoms with Gasteiger partial charge in [-0.05, 0) is 20.3 Å². The van der Waals surface area contributed by atoms with Crippen molar-refractivity contribution >= 4 is 5.91 Å². The van der Waals surface area contributed by atoms with Crippen molar-refractivity contribution in [2.24, 2.45) is 0 Å². The van der Waals surface area contributed by atoms with E-state index in [0.29, 0.717) is 5.57 Å². The molecule has 0 rings (SSSR count). The molecule has 106 valence electrons. The number of hydrogen-bond donors (Lipinski definition) is 0. The molecule has 0 fully saturated rings. The molecule has 2 nitrogen and oxygen atoms in total. The lowest BCUT2D eigenvalue weighted by Crippen LogP contribution is -2.32. The Morgan fingerprint density at radius 2 is 1.44 bits per heavy atom. The molecular weight excluding hydrogens is 222 g/mol.